The molecular formula is C33H37N3O4. The molecule has 1 aliphatic heterocycles. The van der Waals surface area contributed by atoms with Crippen molar-refractivity contribution < 1.29 is 19.4 Å². The molecule has 5 rings (SSSR count). The normalized spacial score (nSPS) is 14.4. The molecule has 0 bridgehead atoms. The zero-order valence-electron chi connectivity index (χ0n) is 23.7. The van der Waals surface area contributed by atoms with Crippen LogP contribution in [0, 0.1) is 13.8 Å². The Morgan fingerprint density at radius 1 is 1.00 bits per heavy atom. The molecular weight excluding hydrogens is 502 g/mol. The monoisotopic (exact) mass is 539 g/mol. The van der Waals surface area contributed by atoms with Gasteiger partial charge >= 0.3 is 0 Å². The van der Waals surface area contributed by atoms with Crippen molar-refractivity contribution in [3.8, 4) is 28.5 Å². The van der Waals surface area contributed by atoms with E-state index in [2.05, 4.69) is 17.1 Å². The van der Waals surface area contributed by atoms with E-state index in [-0.39, 0.29) is 17.7 Å². The summed E-state index contributed by atoms with van der Waals surface area (Å²) in [4.78, 5) is 15.7. The standard InChI is InChI=1S/C33H37N3O4/c1-5-6-7-18-40-26-14-10-24(11-15-26)31-28-29(27-20-21(2)19-22(3)32(27)37)34-35-30(28)33(38)36(31)17-16-23-8-12-25(39-4)13-9-23/h8-15,19-20,31,37H,5-7,16-18H2,1-4H3,(H,34,35). The van der Waals surface area contributed by atoms with Crippen LogP contribution in [-0.4, -0.2) is 46.4 Å². The number of benzene rings is 3. The lowest BCUT2D eigenvalue weighted by Crippen LogP contribution is -2.31. The number of nitrogens with zero attached hydrogens (tertiary/aromatic N) is 2. The van der Waals surface area contributed by atoms with E-state index in [1.165, 1.54) is 0 Å². The van der Waals surface area contributed by atoms with Gasteiger partial charge in [-0.25, -0.2) is 0 Å². The summed E-state index contributed by atoms with van der Waals surface area (Å²) in [6.07, 6.45) is 4.00. The SMILES string of the molecule is CCCCCOc1ccc(C2c3c(-c4cc(C)cc(C)c4O)n[nH]c3C(=O)N2CCc2ccc(OC)cc2)cc1. The van der Waals surface area contributed by atoms with Crippen LogP contribution in [0.2, 0.25) is 0 Å². The molecule has 1 atom stereocenters. The van der Waals surface area contributed by atoms with Crippen molar-refractivity contribution >= 4 is 5.91 Å². The number of carbonyl (C=O) groups excluding carboxylic acids is 1. The predicted molar refractivity (Wildman–Crippen MR) is 156 cm³/mol. The molecule has 0 fully saturated rings. The molecule has 40 heavy (non-hydrogen) atoms. The first kappa shape index (κ1) is 27.3. The molecule has 0 aliphatic carbocycles. The number of phenols is 1. The van der Waals surface area contributed by atoms with Crippen molar-refractivity contribution in [3.63, 3.8) is 0 Å². The summed E-state index contributed by atoms with van der Waals surface area (Å²) in [6.45, 7) is 7.25. The Labute approximate surface area is 235 Å². The van der Waals surface area contributed by atoms with Crippen LogP contribution in [-0.2, 0) is 6.42 Å². The second kappa shape index (κ2) is 11.9. The Kier molecular flexibility index (Phi) is 8.10. The van der Waals surface area contributed by atoms with Gasteiger partial charge in [-0.2, -0.15) is 5.10 Å². The summed E-state index contributed by atoms with van der Waals surface area (Å²) in [6, 6.07) is 19.4. The number of rotatable bonds is 11. The van der Waals surface area contributed by atoms with Gasteiger partial charge in [0.25, 0.3) is 5.91 Å². The Bertz CT molecular complexity index is 1480. The number of phenolic OH excluding ortho intramolecular Hbond substituents is 1. The molecule has 7 nitrogen and oxygen atoms in total. The maximum absolute atomic E-state index is 13.8. The largest absolute Gasteiger partial charge is 0.507 e. The van der Waals surface area contributed by atoms with Gasteiger partial charge in [0.05, 0.1) is 19.8 Å². The summed E-state index contributed by atoms with van der Waals surface area (Å²) in [5.74, 6) is 1.69. The lowest BCUT2D eigenvalue weighted by molar-refractivity contribution is 0.0746. The number of ether oxygens (including phenoxy) is 2. The number of methoxy groups -OCH3 is 1. The molecule has 1 unspecified atom stereocenters. The summed E-state index contributed by atoms with van der Waals surface area (Å²) >= 11 is 0. The van der Waals surface area contributed by atoms with Crippen LogP contribution in [0.4, 0.5) is 0 Å². The van der Waals surface area contributed by atoms with Gasteiger partial charge in [0.1, 0.15) is 28.6 Å². The molecule has 1 aromatic heterocycles. The lowest BCUT2D eigenvalue weighted by Gasteiger charge is -2.27. The van der Waals surface area contributed by atoms with Crippen molar-refractivity contribution in [2.75, 3.05) is 20.3 Å². The van der Waals surface area contributed by atoms with E-state index in [9.17, 15) is 9.90 Å². The highest BCUT2D eigenvalue weighted by Gasteiger charge is 2.42. The molecule has 1 amide bonds. The van der Waals surface area contributed by atoms with E-state index < -0.39 is 0 Å². The van der Waals surface area contributed by atoms with E-state index >= 15 is 0 Å². The molecule has 0 radical (unpaired) electrons. The maximum Gasteiger partial charge on any atom is 0.273 e. The smallest absolute Gasteiger partial charge is 0.273 e. The number of hydrogen-bond donors (Lipinski definition) is 2. The third-order valence-corrected chi connectivity index (χ3v) is 7.58. The highest BCUT2D eigenvalue weighted by Crippen LogP contribution is 2.45. The maximum atomic E-state index is 13.8. The van der Waals surface area contributed by atoms with E-state index in [4.69, 9.17) is 9.47 Å². The molecule has 4 aromatic rings. The van der Waals surface area contributed by atoms with Crippen molar-refractivity contribution in [3.05, 3.63) is 94.2 Å². The summed E-state index contributed by atoms with van der Waals surface area (Å²) in [5, 5.41) is 18.5. The number of hydrogen-bond acceptors (Lipinski definition) is 5. The highest BCUT2D eigenvalue weighted by molar-refractivity contribution is 6.00. The number of H-pyrrole nitrogens is 1. The van der Waals surface area contributed by atoms with Gasteiger partial charge in [0.2, 0.25) is 0 Å². The van der Waals surface area contributed by atoms with E-state index in [0.29, 0.717) is 36.5 Å². The van der Waals surface area contributed by atoms with Crippen LogP contribution >= 0.6 is 0 Å². The minimum Gasteiger partial charge on any atom is -0.507 e. The number of aromatic hydroxyl groups is 1. The average molecular weight is 540 g/mol. The van der Waals surface area contributed by atoms with E-state index in [0.717, 1.165) is 58.6 Å². The zero-order valence-corrected chi connectivity index (χ0v) is 23.7. The average Bonchev–Trinajstić information content (AvgIpc) is 3.51. The van der Waals surface area contributed by atoms with Crippen LogP contribution < -0.4 is 9.47 Å². The first-order valence-corrected chi connectivity index (χ1v) is 14.0. The van der Waals surface area contributed by atoms with Gasteiger partial charge in [-0.05, 0) is 79.3 Å². The Morgan fingerprint density at radius 3 is 2.42 bits per heavy atom. The van der Waals surface area contributed by atoms with Crippen molar-refractivity contribution in [2.24, 2.45) is 0 Å². The second-order valence-corrected chi connectivity index (χ2v) is 10.5. The number of nitrogens with one attached hydrogen (secondary N) is 1. The molecule has 0 saturated carbocycles. The number of aryl methyl sites for hydroxylation is 2. The summed E-state index contributed by atoms with van der Waals surface area (Å²) in [5.41, 5.74) is 6.35. The van der Waals surface area contributed by atoms with Gasteiger partial charge in [0.15, 0.2) is 0 Å². The third kappa shape index (κ3) is 5.41. The Morgan fingerprint density at radius 2 is 1.73 bits per heavy atom. The Balaban J connectivity index is 1.50. The first-order valence-electron chi connectivity index (χ1n) is 14.0. The van der Waals surface area contributed by atoms with Crippen LogP contribution in [0.5, 0.6) is 17.2 Å². The molecule has 2 heterocycles. The van der Waals surface area contributed by atoms with E-state index in [1.54, 1.807) is 7.11 Å². The summed E-state index contributed by atoms with van der Waals surface area (Å²) in [7, 11) is 1.65. The van der Waals surface area contributed by atoms with Crippen molar-refractivity contribution in [1.82, 2.24) is 15.1 Å². The predicted octanol–water partition coefficient (Wildman–Crippen LogP) is 6.76. The fraction of sp³-hybridized carbons (Fsp3) is 0.333. The minimum atomic E-state index is -0.358. The summed E-state index contributed by atoms with van der Waals surface area (Å²) < 4.78 is 11.2. The van der Waals surface area contributed by atoms with E-state index in [1.807, 2.05) is 79.4 Å². The number of amides is 1. The molecule has 3 aromatic carbocycles. The molecule has 7 heteroatoms. The Hall–Kier alpha value is -4.26. The van der Waals surface area contributed by atoms with Gasteiger partial charge in [-0.15, -0.1) is 0 Å². The number of aromatic amines is 1. The highest BCUT2D eigenvalue weighted by atomic mass is 16.5. The fourth-order valence-corrected chi connectivity index (χ4v) is 5.45. The van der Waals surface area contributed by atoms with Crippen LogP contribution in [0.3, 0.4) is 0 Å². The topological polar surface area (TPSA) is 87.7 Å². The zero-order chi connectivity index (χ0) is 28.2. The quantitative estimate of drug-likeness (QED) is 0.206. The van der Waals surface area contributed by atoms with Crippen LogP contribution in [0.25, 0.3) is 11.3 Å². The van der Waals surface area contributed by atoms with Gasteiger partial charge in [-0.3, -0.25) is 9.89 Å². The molecule has 208 valence electrons. The van der Waals surface area contributed by atoms with Gasteiger partial charge in [-0.1, -0.05) is 50.1 Å². The van der Waals surface area contributed by atoms with Gasteiger partial charge in [0, 0.05) is 17.7 Å². The number of unbranched alkanes of at least 4 members (excludes halogenated alkanes) is 2. The number of carbonyl (C=O) groups is 1. The van der Waals surface area contributed by atoms with Crippen molar-refractivity contribution in [2.45, 2.75) is 52.5 Å². The third-order valence-electron chi connectivity index (χ3n) is 7.58. The van der Waals surface area contributed by atoms with Gasteiger partial charge < -0.3 is 19.5 Å². The lowest BCUT2D eigenvalue weighted by atomic mass is 9.94. The minimum absolute atomic E-state index is 0.101. The second-order valence-electron chi connectivity index (χ2n) is 10.5. The molecule has 2 N–H and O–H groups in total. The molecule has 0 spiro atoms. The number of aromatic nitrogens is 2. The number of fused-ring (bicyclic) bond motifs is 1. The van der Waals surface area contributed by atoms with Crippen LogP contribution in [0.1, 0.15) is 70.5 Å². The molecule has 0 saturated heterocycles. The first-order chi connectivity index (χ1) is 19.4. The van der Waals surface area contributed by atoms with Crippen LogP contribution in [0.15, 0.2) is 60.7 Å². The molecule has 1 aliphatic rings. The fourth-order valence-electron chi connectivity index (χ4n) is 5.45. The van der Waals surface area contributed by atoms with Crippen molar-refractivity contribution in [1.29, 1.82) is 0 Å².